The average molecular weight is 424 g/mol. The second-order valence-electron chi connectivity index (χ2n) is 7.00. The number of carbonyl (C=O) groups excluding carboxylic acids is 1. The van der Waals surface area contributed by atoms with Crippen molar-refractivity contribution >= 4 is 17.7 Å². The minimum absolute atomic E-state index is 0.0408. The van der Waals surface area contributed by atoms with Crippen LogP contribution in [0.5, 0.6) is 0 Å². The Hall–Kier alpha value is -3.56. The summed E-state index contributed by atoms with van der Waals surface area (Å²) in [6, 6.07) is 11.4. The fourth-order valence-electron chi connectivity index (χ4n) is 2.97. The first-order chi connectivity index (χ1) is 15.0. The Kier molecular flexibility index (Phi) is 7.47. The highest BCUT2D eigenvalue weighted by Crippen LogP contribution is 2.20. The number of carbonyl (C=O) groups is 1. The van der Waals surface area contributed by atoms with Gasteiger partial charge in [0.05, 0.1) is 5.56 Å². The first kappa shape index (κ1) is 22.1. The van der Waals surface area contributed by atoms with E-state index in [4.69, 9.17) is 5.73 Å². The number of para-hydroxylation sites is 1. The topological polar surface area (TPSA) is 125 Å². The van der Waals surface area contributed by atoms with Crippen LogP contribution in [0.3, 0.4) is 0 Å². The number of H-pyrrole nitrogens is 1. The summed E-state index contributed by atoms with van der Waals surface area (Å²) in [5.41, 5.74) is 7.28. The van der Waals surface area contributed by atoms with Gasteiger partial charge in [-0.15, -0.1) is 0 Å². The summed E-state index contributed by atoms with van der Waals surface area (Å²) < 4.78 is 14.6. The standard InChI is InChI=1S/C22H25FN6O2/c1-14-5-2-3-6-19(14)27-22(31)29-21-26-13-17(20(30)28-21)16-8-7-15(11-18(16)23)12-25-10-4-9-24/h2-3,5-8,11,13,25H,4,9-10,12,24H2,1H3,(H3,26,27,28,29,30,31). The van der Waals surface area contributed by atoms with Gasteiger partial charge in [-0.25, -0.2) is 9.18 Å². The highest BCUT2D eigenvalue weighted by Gasteiger charge is 2.13. The Morgan fingerprint density at radius 2 is 1.97 bits per heavy atom. The molecular weight excluding hydrogens is 399 g/mol. The van der Waals surface area contributed by atoms with Gasteiger partial charge in [0.1, 0.15) is 5.82 Å². The summed E-state index contributed by atoms with van der Waals surface area (Å²) in [4.78, 5) is 31.1. The zero-order chi connectivity index (χ0) is 22.2. The SMILES string of the molecule is Cc1ccccc1NC(=O)Nc1nc(=O)c(-c2ccc(CNCCCN)cc2F)c[nH]1. The lowest BCUT2D eigenvalue weighted by atomic mass is 10.1. The number of amides is 2. The molecule has 0 bridgehead atoms. The molecule has 2 amide bonds. The van der Waals surface area contributed by atoms with Gasteiger partial charge < -0.3 is 21.4 Å². The van der Waals surface area contributed by atoms with E-state index in [1.54, 1.807) is 24.3 Å². The molecule has 162 valence electrons. The average Bonchev–Trinajstić information content (AvgIpc) is 2.74. The Morgan fingerprint density at radius 3 is 2.68 bits per heavy atom. The van der Waals surface area contributed by atoms with Crippen molar-refractivity contribution in [1.29, 1.82) is 0 Å². The van der Waals surface area contributed by atoms with Crippen molar-refractivity contribution < 1.29 is 9.18 Å². The quantitative estimate of drug-likeness (QED) is 0.356. The Labute approximate surface area is 179 Å². The van der Waals surface area contributed by atoms with Gasteiger partial charge in [-0.3, -0.25) is 10.1 Å². The zero-order valence-electron chi connectivity index (χ0n) is 17.2. The van der Waals surface area contributed by atoms with Crippen molar-refractivity contribution in [3.8, 4) is 11.1 Å². The van der Waals surface area contributed by atoms with Gasteiger partial charge in [0.2, 0.25) is 5.95 Å². The lowest BCUT2D eigenvalue weighted by Crippen LogP contribution is -2.23. The van der Waals surface area contributed by atoms with Crippen LogP contribution >= 0.6 is 0 Å². The first-order valence-corrected chi connectivity index (χ1v) is 9.91. The minimum Gasteiger partial charge on any atom is -0.331 e. The summed E-state index contributed by atoms with van der Waals surface area (Å²) >= 11 is 0. The number of nitrogens with one attached hydrogen (secondary N) is 4. The molecule has 0 aliphatic carbocycles. The molecule has 0 radical (unpaired) electrons. The molecule has 0 fully saturated rings. The van der Waals surface area contributed by atoms with E-state index in [2.05, 4.69) is 25.9 Å². The lowest BCUT2D eigenvalue weighted by Gasteiger charge is -2.10. The third kappa shape index (κ3) is 5.97. The molecule has 0 aliphatic rings. The normalized spacial score (nSPS) is 10.7. The van der Waals surface area contributed by atoms with Crippen LogP contribution in [0.15, 0.2) is 53.5 Å². The van der Waals surface area contributed by atoms with Crippen molar-refractivity contribution in [3.63, 3.8) is 0 Å². The van der Waals surface area contributed by atoms with E-state index >= 15 is 0 Å². The number of rotatable bonds is 8. The third-order valence-corrected chi connectivity index (χ3v) is 4.63. The number of aromatic amines is 1. The highest BCUT2D eigenvalue weighted by molar-refractivity contribution is 5.99. The zero-order valence-corrected chi connectivity index (χ0v) is 17.2. The largest absolute Gasteiger partial charge is 0.331 e. The molecule has 0 spiro atoms. The predicted molar refractivity (Wildman–Crippen MR) is 119 cm³/mol. The van der Waals surface area contributed by atoms with Crippen molar-refractivity contribution in [3.05, 3.63) is 76.0 Å². The maximum Gasteiger partial charge on any atom is 0.326 e. The molecule has 31 heavy (non-hydrogen) atoms. The maximum absolute atomic E-state index is 14.6. The second-order valence-corrected chi connectivity index (χ2v) is 7.00. The van der Waals surface area contributed by atoms with Crippen LogP contribution in [-0.2, 0) is 6.54 Å². The van der Waals surface area contributed by atoms with Crippen molar-refractivity contribution in [2.45, 2.75) is 19.9 Å². The van der Waals surface area contributed by atoms with Gasteiger partial charge in [0.25, 0.3) is 5.56 Å². The molecule has 1 aromatic heterocycles. The fourth-order valence-corrected chi connectivity index (χ4v) is 2.97. The predicted octanol–water partition coefficient (Wildman–Crippen LogP) is 2.97. The molecule has 1 heterocycles. The Morgan fingerprint density at radius 1 is 1.16 bits per heavy atom. The van der Waals surface area contributed by atoms with Crippen LogP contribution in [0.2, 0.25) is 0 Å². The van der Waals surface area contributed by atoms with Gasteiger partial charge >= 0.3 is 6.03 Å². The number of hydrogen-bond acceptors (Lipinski definition) is 5. The first-order valence-electron chi connectivity index (χ1n) is 9.91. The van der Waals surface area contributed by atoms with E-state index in [0.717, 1.165) is 24.1 Å². The molecular formula is C22H25FN6O2. The summed E-state index contributed by atoms with van der Waals surface area (Å²) in [7, 11) is 0. The van der Waals surface area contributed by atoms with Gasteiger partial charge in [-0.1, -0.05) is 30.3 Å². The third-order valence-electron chi connectivity index (χ3n) is 4.63. The second kappa shape index (κ2) is 10.5. The van der Waals surface area contributed by atoms with Crippen LogP contribution in [0.4, 0.5) is 20.8 Å². The van der Waals surface area contributed by atoms with E-state index < -0.39 is 17.4 Å². The van der Waals surface area contributed by atoms with Gasteiger partial charge in [-0.05, 0) is 49.7 Å². The van der Waals surface area contributed by atoms with Crippen molar-refractivity contribution in [2.75, 3.05) is 23.7 Å². The van der Waals surface area contributed by atoms with Crippen LogP contribution in [-0.4, -0.2) is 29.1 Å². The van der Waals surface area contributed by atoms with Crippen molar-refractivity contribution in [1.82, 2.24) is 15.3 Å². The number of hydrogen-bond donors (Lipinski definition) is 5. The minimum atomic E-state index is -0.655. The summed E-state index contributed by atoms with van der Waals surface area (Å²) in [5.74, 6) is -0.565. The number of halogens is 1. The fraction of sp³-hybridized carbons (Fsp3) is 0.227. The number of benzene rings is 2. The van der Waals surface area contributed by atoms with E-state index in [1.165, 1.54) is 12.3 Å². The number of anilines is 2. The Bertz CT molecular complexity index is 1120. The monoisotopic (exact) mass is 424 g/mol. The van der Waals surface area contributed by atoms with Gasteiger partial charge in [0.15, 0.2) is 0 Å². The molecule has 3 aromatic rings. The number of aromatic nitrogens is 2. The number of urea groups is 1. The number of nitrogens with two attached hydrogens (primary N) is 1. The molecule has 2 aromatic carbocycles. The molecule has 0 saturated heterocycles. The van der Waals surface area contributed by atoms with E-state index in [9.17, 15) is 14.0 Å². The molecule has 8 nitrogen and oxygen atoms in total. The van der Waals surface area contributed by atoms with Crippen LogP contribution in [0.1, 0.15) is 17.5 Å². The van der Waals surface area contributed by atoms with Crippen LogP contribution in [0, 0.1) is 12.7 Å². The maximum atomic E-state index is 14.6. The molecule has 0 atom stereocenters. The molecule has 0 unspecified atom stereocenters. The summed E-state index contributed by atoms with van der Waals surface area (Å²) in [6.07, 6.45) is 2.17. The number of aryl methyl sites for hydroxylation is 1. The van der Waals surface area contributed by atoms with E-state index in [0.29, 0.717) is 18.8 Å². The smallest absolute Gasteiger partial charge is 0.326 e. The van der Waals surface area contributed by atoms with Gasteiger partial charge in [-0.2, -0.15) is 4.98 Å². The van der Waals surface area contributed by atoms with Crippen molar-refractivity contribution in [2.24, 2.45) is 5.73 Å². The van der Waals surface area contributed by atoms with E-state index in [-0.39, 0.29) is 17.1 Å². The summed E-state index contributed by atoms with van der Waals surface area (Å²) in [5, 5.41) is 8.32. The Balaban J connectivity index is 1.68. The molecule has 0 aliphatic heterocycles. The van der Waals surface area contributed by atoms with Crippen LogP contribution < -0.4 is 27.2 Å². The lowest BCUT2D eigenvalue weighted by molar-refractivity contribution is 0.262. The van der Waals surface area contributed by atoms with E-state index in [1.807, 2.05) is 19.1 Å². The molecule has 0 saturated carbocycles. The van der Waals surface area contributed by atoms with Gasteiger partial charge in [0, 0.05) is 24.0 Å². The molecule has 6 N–H and O–H groups in total. The molecule has 9 heteroatoms. The highest BCUT2D eigenvalue weighted by atomic mass is 19.1. The summed E-state index contributed by atoms with van der Waals surface area (Å²) in [6.45, 7) is 3.70. The molecule has 3 rings (SSSR count). The number of nitrogens with zero attached hydrogens (tertiary/aromatic N) is 1. The van der Waals surface area contributed by atoms with Crippen LogP contribution in [0.25, 0.3) is 11.1 Å².